The summed E-state index contributed by atoms with van der Waals surface area (Å²) in [5.74, 6) is -1.44. The van der Waals surface area contributed by atoms with Gasteiger partial charge in [0.15, 0.2) is 9.84 Å². The first kappa shape index (κ1) is 15.9. The highest BCUT2D eigenvalue weighted by Gasteiger charge is 2.29. The molecule has 0 fully saturated rings. The summed E-state index contributed by atoms with van der Waals surface area (Å²) >= 11 is 0. The summed E-state index contributed by atoms with van der Waals surface area (Å²) in [5.41, 5.74) is 0.968. The zero-order valence-corrected chi connectivity index (χ0v) is 12.3. The molecule has 0 aliphatic carbocycles. The van der Waals surface area contributed by atoms with E-state index in [2.05, 4.69) is 0 Å². The summed E-state index contributed by atoms with van der Waals surface area (Å²) in [6.07, 6.45) is -0.744. The first-order chi connectivity index (χ1) is 8.77. The molecule has 0 aliphatic heterocycles. The van der Waals surface area contributed by atoms with Gasteiger partial charge in [0.1, 0.15) is 5.78 Å². The lowest BCUT2D eigenvalue weighted by atomic mass is 9.99. The first-order valence-electron chi connectivity index (χ1n) is 6.28. The average molecular weight is 284 g/mol. The largest absolute Gasteiger partial charge is 0.393 e. The lowest BCUT2D eigenvalue weighted by Crippen LogP contribution is -2.32. The predicted octanol–water partition coefficient (Wildman–Crippen LogP) is 1.74. The molecule has 0 amide bonds. The van der Waals surface area contributed by atoms with Crippen LogP contribution in [-0.4, -0.2) is 31.2 Å². The van der Waals surface area contributed by atoms with E-state index in [4.69, 9.17) is 0 Å². The fourth-order valence-electron chi connectivity index (χ4n) is 1.84. The highest BCUT2D eigenvalue weighted by atomic mass is 32.2. The number of hydrogen-bond acceptors (Lipinski definition) is 4. The molecule has 2 atom stereocenters. The highest BCUT2D eigenvalue weighted by molar-refractivity contribution is 7.91. The molecule has 0 spiro atoms. The third-order valence-corrected chi connectivity index (χ3v) is 4.91. The van der Waals surface area contributed by atoms with Crippen molar-refractivity contribution in [1.29, 1.82) is 0 Å². The highest BCUT2D eigenvalue weighted by Crippen LogP contribution is 2.18. The number of Topliss-reactive ketones (excluding diaryl/α,β-unsaturated/α-hetero) is 1. The third kappa shape index (κ3) is 4.14. The number of aliphatic hydroxyl groups excluding tert-OH is 1. The van der Waals surface area contributed by atoms with Crippen molar-refractivity contribution in [2.75, 3.05) is 5.75 Å². The van der Waals surface area contributed by atoms with E-state index >= 15 is 0 Å². The number of carbonyl (C=O) groups is 1. The van der Waals surface area contributed by atoms with Crippen LogP contribution in [0.5, 0.6) is 0 Å². The van der Waals surface area contributed by atoms with Gasteiger partial charge in [-0.1, -0.05) is 24.6 Å². The van der Waals surface area contributed by atoms with Crippen molar-refractivity contribution in [3.8, 4) is 0 Å². The molecule has 4 nitrogen and oxygen atoms in total. The summed E-state index contributed by atoms with van der Waals surface area (Å²) in [7, 11) is -3.56. The number of sulfone groups is 1. The van der Waals surface area contributed by atoms with E-state index in [-0.39, 0.29) is 22.9 Å². The van der Waals surface area contributed by atoms with Gasteiger partial charge in [-0.25, -0.2) is 8.42 Å². The Bertz CT molecular complexity index is 529. The van der Waals surface area contributed by atoms with Gasteiger partial charge < -0.3 is 5.11 Å². The van der Waals surface area contributed by atoms with Crippen LogP contribution >= 0.6 is 0 Å². The second-order valence-electron chi connectivity index (χ2n) is 4.76. The SMILES string of the molecule is CCC(=O)[C@@H](CS(=O)(=O)c1ccc(C)cc1)[C@@H](C)O. The molecular weight excluding hydrogens is 264 g/mol. The molecule has 5 heteroatoms. The Morgan fingerprint density at radius 1 is 1.26 bits per heavy atom. The maximum absolute atomic E-state index is 12.2. The van der Waals surface area contributed by atoms with Crippen molar-refractivity contribution in [2.24, 2.45) is 5.92 Å². The van der Waals surface area contributed by atoms with Crippen LogP contribution in [0.4, 0.5) is 0 Å². The van der Waals surface area contributed by atoms with Crippen LogP contribution in [0.3, 0.4) is 0 Å². The van der Waals surface area contributed by atoms with Crippen LogP contribution in [0.1, 0.15) is 25.8 Å². The van der Waals surface area contributed by atoms with Gasteiger partial charge in [-0.15, -0.1) is 0 Å². The number of benzene rings is 1. The van der Waals surface area contributed by atoms with Crippen LogP contribution < -0.4 is 0 Å². The number of carbonyl (C=O) groups excluding carboxylic acids is 1. The molecule has 0 radical (unpaired) electrons. The van der Waals surface area contributed by atoms with E-state index < -0.39 is 21.9 Å². The minimum atomic E-state index is -3.56. The lowest BCUT2D eigenvalue weighted by Gasteiger charge is -2.18. The molecule has 1 N–H and O–H groups in total. The number of hydrogen-bond donors (Lipinski definition) is 1. The molecule has 0 heterocycles. The van der Waals surface area contributed by atoms with Crippen LogP contribution in [0.15, 0.2) is 29.2 Å². The molecule has 0 aromatic heterocycles. The zero-order valence-electron chi connectivity index (χ0n) is 11.5. The Hall–Kier alpha value is -1.20. The summed E-state index contributed by atoms with van der Waals surface area (Å²) in [5, 5.41) is 9.58. The van der Waals surface area contributed by atoms with Gasteiger partial charge in [0.05, 0.1) is 22.7 Å². The number of rotatable bonds is 6. The summed E-state index contributed by atoms with van der Waals surface area (Å²) in [4.78, 5) is 11.9. The molecule has 19 heavy (non-hydrogen) atoms. The van der Waals surface area contributed by atoms with Gasteiger partial charge in [-0.2, -0.15) is 0 Å². The predicted molar refractivity (Wildman–Crippen MR) is 73.7 cm³/mol. The Kier molecular flexibility index (Phi) is 5.26. The van der Waals surface area contributed by atoms with Crippen molar-refractivity contribution >= 4 is 15.6 Å². The van der Waals surface area contributed by atoms with Crippen LogP contribution in [-0.2, 0) is 14.6 Å². The smallest absolute Gasteiger partial charge is 0.179 e. The normalized spacial score (nSPS) is 14.9. The molecule has 1 aromatic rings. The molecule has 1 aromatic carbocycles. The van der Waals surface area contributed by atoms with E-state index in [9.17, 15) is 18.3 Å². The quantitative estimate of drug-likeness (QED) is 0.863. The van der Waals surface area contributed by atoms with Gasteiger partial charge in [0, 0.05) is 6.42 Å². The minimum Gasteiger partial charge on any atom is -0.393 e. The van der Waals surface area contributed by atoms with Gasteiger partial charge in [-0.3, -0.25) is 4.79 Å². The van der Waals surface area contributed by atoms with Gasteiger partial charge >= 0.3 is 0 Å². The Morgan fingerprint density at radius 2 is 1.79 bits per heavy atom. The maximum atomic E-state index is 12.2. The fourth-order valence-corrected chi connectivity index (χ4v) is 3.52. The van der Waals surface area contributed by atoms with Crippen molar-refractivity contribution in [3.63, 3.8) is 0 Å². The summed E-state index contributed by atoms with van der Waals surface area (Å²) in [6.45, 7) is 4.98. The maximum Gasteiger partial charge on any atom is 0.179 e. The molecule has 0 unspecified atom stereocenters. The second kappa shape index (κ2) is 6.30. The third-order valence-electron chi connectivity index (χ3n) is 3.12. The van der Waals surface area contributed by atoms with E-state index in [1.807, 2.05) is 6.92 Å². The molecular formula is C14H20O4S. The molecule has 0 bridgehead atoms. The first-order valence-corrected chi connectivity index (χ1v) is 7.93. The van der Waals surface area contributed by atoms with Crippen molar-refractivity contribution < 1.29 is 18.3 Å². The summed E-state index contributed by atoms with van der Waals surface area (Å²) < 4.78 is 24.4. The van der Waals surface area contributed by atoms with Crippen molar-refractivity contribution in [2.45, 2.75) is 38.2 Å². The fraction of sp³-hybridized carbons (Fsp3) is 0.500. The molecule has 0 saturated heterocycles. The van der Waals surface area contributed by atoms with Gasteiger partial charge in [0.2, 0.25) is 0 Å². The Balaban J connectivity index is 3.00. The molecule has 1 rings (SSSR count). The Morgan fingerprint density at radius 3 is 2.21 bits per heavy atom. The molecule has 0 saturated carbocycles. The van der Waals surface area contributed by atoms with Crippen LogP contribution in [0.2, 0.25) is 0 Å². The van der Waals surface area contributed by atoms with Gasteiger partial charge in [0.25, 0.3) is 0 Å². The average Bonchev–Trinajstić information content (AvgIpc) is 2.35. The van der Waals surface area contributed by atoms with E-state index in [1.54, 1.807) is 19.1 Å². The number of ketones is 1. The number of aryl methyl sites for hydroxylation is 1. The second-order valence-corrected chi connectivity index (χ2v) is 6.80. The van der Waals surface area contributed by atoms with Crippen molar-refractivity contribution in [3.05, 3.63) is 29.8 Å². The van der Waals surface area contributed by atoms with Crippen LogP contribution in [0, 0.1) is 12.8 Å². The Labute approximate surface area is 114 Å². The van der Waals surface area contributed by atoms with E-state index in [0.29, 0.717) is 0 Å². The minimum absolute atomic E-state index is 0.188. The number of aliphatic hydroxyl groups is 1. The zero-order chi connectivity index (χ0) is 14.6. The molecule has 0 aliphatic rings. The summed E-state index contributed by atoms with van der Waals surface area (Å²) in [6, 6.07) is 6.48. The monoisotopic (exact) mass is 284 g/mol. The standard InChI is InChI=1S/C14H20O4S/c1-4-14(16)13(11(3)15)9-19(17,18)12-7-5-10(2)6-8-12/h5-8,11,13,15H,4,9H2,1-3H3/t11-,13+/m1/s1. The van der Waals surface area contributed by atoms with E-state index in [0.717, 1.165) is 5.56 Å². The molecule has 106 valence electrons. The van der Waals surface area contributed by atoms with Crippen LogP contribution in [0.25, 0.3) is 0 Å². The van der Waals surface area contributed by atoms with Gasteiger partial charge in [-0.05, 0) is 26.0 Å². The van der Waals surface area contributed by atoms with Crippen molar-refractivity contribution in [1.82, 2.24) is 0 Å². The van der Waals surface area contributed by atoms with E-state index in [1.165, 1.54) is 19.1 Å². The lowest BCUT2D eigenvalue weighted by molar-refractivity contribution is -0.124. The topological polar surface area (TPSA) is 71.4 Å².